The van der Waals surface area contributed by atoms with Gasteiger partial charge in [0.2, 0.25) is 0 Å². The first-order chi connectivity index (χ1) is 13.7. The predicted octanol–water partition coefficient (Wildman–Crippen LogP) is 3.19. The molecule has 0 bridgehead atoms. The van der Waals surface area contributed by atoms with E-state index in [1.807, 2.05) is 19.1 Å². The zero-order valence-corrected chi connectivity index (χ0v) is 20.0. The summed E-state index contributed by atoms with van der Waals surface area (Å²) in [5, 5.41) is 6.61. The van der Waals surface area contributed by atoms with Crippen LogP contribution >= 0.6 is 24.0 Å². The minimum Gasteiger partial charge on any atom is -0.380 e. The number of guanidine groups is 1. The second-order valence-electron chi connectivity index (χ2n) is 6.83. The predicted molar refractivity (Wildman–Crippen MR) is 127 cm³/mol. The molecule has 1 aromatic carbocycles. The number of unbranched alkanes of at least 4 members (excludes halogenated alkanes) is 1. The van der Waals surface area contributed by atoms with Crippen LogP contribution in [0.5, 0.6) is 0 Å². The van der Waals surface area contributed by atoms with Crippen molar-refractivity contribution in [3.05, 3.63) is 35.6 Å². The Kier molecular flexibility index (Phi) is 14.2. The van der Waals surface area contributed by atoms with Gasteiger partial charge in [0.05, 0.1) is 32.4 Å². The molecule has 1 aliphatic rings. The van der Waals surface area contributed by atoms with Crippen molar-refractivity contribution in [3.8, 4) is 0 Å². The Balaban J connectivity index is 0.00000420. The van der Waals surface area contributed by atoms with Gasteiger partial charge in [-0.2, -0.15) is 0 Å². The van der Waals surface area contributed by atoms with E-state index in [0.717, 1.165) is 63.8 Å². The molecule has 1 heterocycles. The van der Waals surface area contributed by atoms with Crippen LogP contribution in [0.15, 0.2) is 29.3 Å². The summed E-state index contributed by atoms with van der Waals surface area (Å²) in [6, 6.07) is 6.84. The molecule has 1 aromatic rings. The average Bonchev–Trinajstić information content (AvgIpc) is 2.72. The van der Waals surface area contributed by atoms with Gasteiger partial charge in [0, 0.05) is 32.8 Å². The second kappa shape index (κ2) is 15.8. The van der Waals surface area contributed by atoms with Gasteiger partial charge in [-0.1, -0.05) is 25.5 Å². The lowest BCUT2D eigenvalue weighted by Crippen LogP contribution is -2.42. The molecule has 2 rings (SSSR count). The van der Waals surface area contributed by atoms with Crippen molar-refractivity contribution in [2.75, 3.05) is 59.2 Å². The van der Waals surface area contributed by atoms with Gasteiger partial charge < -0.3 is 20.1 Å². The molecule has 2 N–H and O–H groups in total. The molecule has 1 aliphatic heterocycles. The van der Waals surface area contributed by atoms with Crippen LogP contribution < -0.4 is 10.6 Å². The molecule has 0 aliphatic carbocycles. The number of rotatable bonds is 11. The van der Waals surface area contributed by atoms with E-state index in [1.165, 1.54) is 12.1 Å². The Labute approximate surface area is 191 Å². The first-order valence-corrected chi connectivity index (χ1v) is 10.4. The van der Waals surface area contributed by atoms with Crippen LogP contribution in [0.4, 0.5) is 4.39 Å². The van der Waals surface area contributed by atoms with Crippen LogP contribution in [-0.4, -0.2) is 70.0 Å². The lowest BCUT2D eigenvalue weighted by atomic mass is 10.0. The molecular weight excluding hydrogens is 486 g/mol. The number of halogens is 2. The summed E-state index contributed by atoms with van der Waals surface area (Å²) < 4.78 is 24.5. The molecule has 1 saturated heterocycles. The van der Waals surface area contributed by atoms with Crippen molar-refractivity contribution in [2.24, 2.45) is 4.99 Å². The van der Waals surface area contributed by atoms with Gasteiger partial charge in [0.1, 0.15) is 5.82 Å². The van der Waals surface area contributed by atoms with Gasteiger partial charge in [-0.15, -0.1) is 24.0 Å². The number of ether oxygens (including phenoxy) is 2. The third kappa shape index (κ3) is 10.1. The van der Waals surface area contributed by atoms with Crippen molar-refractivity contribution in [1.29, 1.82) is 0 Å². The number of morpholine rings is 1. The maximum absolute atomic E-state index is 13.4. The van der Waals surface area contributed by atoms with E-state index in [2.05, 4.69) is 22.5 Å². The second-order valence-corrected chi connectivity index (χ2v) is 6.83. The molecule has 29 heavy (non-hydrogen) atoms. The Bertz CT molecular complexity index is 568. The topological polar surface area (TPSA) is 58.1 Å². The van der Waals surface area contributed by atoms with Gasteiger partial charge >= 0.3 is 0 Å². The Morgan fingerprint density at radius 3 is 2.55 bits per heavy atom. The van der Waals surface area contributed by atoms with E-state index < -0.39 is 0 Å². The van der Waals surface area contributed by atoms with Crippen molar-refractivity contribution in [2.45, 2.75) is 32.7 Å². The van der Waals surface area contributed by atoms with E-state index in [4.69, 9.17) is 14.5 Å². The molecule has 1 unspecified atom stereocenters. The number of nitrogens with one attached hydrogen (secondary N) is 2. The van der Waals surface area contributed by atoms with E-state index in [-0.39, 0.29) is 35.8 Å². The summed E-state index contributed by atoms with van der Waals surface area (Å²) in [5.41, 5.74) is 1.07. The first-order valence-electron chi connectivity index (χ1n) is 10.4. The van der Waals surface area contributed by atoms with Crippen LogP contribution in [0.25, 0.3) is 0 Å². The molecular formula is C21H36FIN4O2. The Morgan fingerprint density at radius 2 is 1.90 bits per heavy atom. The van der Waals surface area contributed by atoms with Crippen LogP contribution in [0.1, 0.15) is 38.3 Å². The molecule has 0 aromatic heterocycles. The minimum absolute atomic E-state index is 0. The molecule has 0 radical (unpaired) electrons. The highest BCUT2D eigenvalue weighted by atomic mass is 127. The quantitative estimate of drug-likeness (QED) is 0.203. The fourth-order valence-corrected chi connectivity index (χ4v) is 3.12. The van der Waals surface area contributed by atoms with Crippen molar-refractivity contribution in [1.82, 2.24) is 15.5 Å². The normalized spacial score (nSPS) is 16.2. The summed E-state index contributed by atoms with van der Waals surface area (Å²) in [7, 11) is 0. The SMILES string of the molecule is CCCCOCCNC(=NCC(c1ccc(F)cc1)N1CCOCC1)NCC.I. The highest BCUT2D eigenvalue weighted by Gasteiger charge is 2.22. The van der Waals surface area contributed by atoms with E-state index in [9.17, 15) is 4.39 Å². The smallest absolute Gasteiger partial charge is 0.191 e. The molecule has 8 heteroatoms. The van der Waals surface area contributed by atoms with E-state index in [1.54, 1.807) is 0 Å². The molecule has 0 amide bonds. The van der Waals surface area contributed by atoms with Gasteiger partial charge in [-0.3, -0.25) is 9.89 Å². The van der Waals surface area contributed by atoms with Crippen LogP contribution in [0.3, 0.4) is 0 Å². The number of benzene rings is 1. The molecule has 1 atom stereocenters. The number of hydrogen-bond donors (Lipinski definition) is 2. The minimum atomic E-state index is -0.217. The van der Waals surface area contributed by atoms with Gasteiger partial charge in [0.15, 0.2) is 5.96 Å². The van der Waals surface area contributed by atoms with Gasteiger partial charge in [-0.05, 0) is 31.0 Å². The highest BCUT2D eigenvalue weighted by Crippen LogP contribution is 2.22. The highest BCUT2D eigenvalue weighted by molar-refractivity contribution is 14.0. The van der Waals surface area contributed by atoms with Crippen LogP contribution in [0, 0.1) is 5.82 Å². The zero-order chi connectivity index (χ0) is 20.0. The molecule has 6 nitrogen and oxygen atoms in total. The monoisotopic (exact) mass is 522 g/mol. The van der Waals surface area contributed by atoms with Crippen LogP contribution in [0.2, 0.25) is 0 Å². The molecule has 0 saturated carbocycles. The number of aliphatic imine (C=N–C) groups is 1. The van der Waals surface area contributed by atoms with Crippen molar-refractivity contribution >= 4 is 29.9 Å². The van der Waals surface area contributed by atoms with Gasteiger partial charge in [-0.25, -0.2) is 4.39 Å². The maximum atomic E-state index is 13.4. The van der Waals surface area contributed by atoms with E-state index in [0.29, 0.717) is 19.7 Å². The van der Waals surface area contributed by atoms with Crippen molar-refractivity contribution < 1.29 is 13.9 Å². The lowest BCUT2D eigenvalue weighted by Gasteiger charge is -2.34. The summed E-state index contributed by atoms with van der Waals surface area (Å²) in [6.07, 6.45) is 2.23. The fraction of sp³-hybridized carbons (Fsp3) is 0.667. The largest absolute Gasteiger partial charge is 0.380 e. The maximum Gasteiger partial charge on any atom is 0.191 e. The summed E-state index contributed by atoms with van der Waals surface area (Å²) in [6.45, 7) is 10.9. The summed E-state index contributed by atoms with van der Waals surface area (Å²) >= 11 is 0. The molecule has 0 spiro atoms. The first kappa shape index (κ1) is 26.1. The average molecular weight is 522 g/mol. The van der Waals surface area contributed by atoms with Gasteiger partial charge in [0.25, 0.3) is 0 Å². The fourth-order valence-electron chi connectivity index (χ4n) is 3.12. The standard InChI is InChI=1S/C21H35FN4O2.HI/c1-3-5-13-27-14-10-24-21(23-4-2)25-17-20(26-11-15-28-16-12-26)18-6-8-19(22)9-7-18;/h6-9,20H,3-5,10-17H2,1-2H3,(H2,23,24,25);1H. The number of hydrogen-bond acceptors (Lipinski definition) is 4. The molecule has 166 valence electrons. The third-order valence-corrected chi connectivity index (χ3v) is 4.69. The van der Waals surface area contributed by atoms with E-state index >= 15 is 0 Å². The summed E-state index contributed by atoms with van der Waals surface area (Å²) in [5.74, 6) is 0.563. The lowest BCUT2D eigenvalue weighted by molar-refractivity contribution is 0.0179. The van der Waals surface area contributed by atoms with Crippen LogP contribution in [-0.2, 0) is 9.47 Å². The molecule has 1 fully saturated rings. The van der Waals surface area contributed by atoms with Crippen molar-refractivity contribution in [3.63, 3.8) is 0 Å². The Hall–Kier alpha value is -0.970. The zero-order valence-electron chi connectivity index (χ0n) is 17.7. The summed E-state index contributed by atoms with van der Waals surface area (Å²) in [4.78, 5) is 7.14. The number of nitrogens with zero attached hydrogens (tertiary/aromatic N) is 2. The Morgan fingerprint density at radius 1 is 1.17 bits per heavy atom. The third-order valence-electron chi connectivity index (χ3n) is 4.69.